The lowest BCUT2D eigenvalue weighted by Gasteiger charge is -2.27. The van der Waals surface area contributed by atoms with Gasteiger partial charge in [0.05, 0.1) is 13.8 Å². The van der Waals surface area contributed by atoms with Crippen LogP contribution in [-0.2, 0) is 0 Å². The lowest BCUT2D eigenvalue weighted by molar-refractivity contribution is -0.00000801. The van der Waals surface area contributed by atoms with Gasteiger partial charge in [-0.3, -0.25) is 4.70 Å². The van der Waals surface area contributed by atoms with E-state index in [4.69, 9.17) is 4.74 Å². The normalized spacial score (nSPS) is 11.0. The van der Waals surface area contributed by atoms with Gasteiger partial charge in [-0.25, -0.2) is 0 Å². The second kappa shape index (κ2) is 11.1. The quantitative estimate of drug-likeness (QED) is 0.297. The second-order valence-corrected chi connectivity index (χ2v) is 12.7. The number of benzene rings is 6. The number of ether oxygens (including phenoxy) is 1. The molecular weight excluding hydrogens is 493 g/mol. The second-order valence-electron chi connectivity index (χ2n) is 9.22. The maximum Gasteiger partial charge on any atom is 0.127 e. The summed E-state index contributed by atoms with van der Waals surface area (Å²) in [5.74, 6) is 0.902. The van der Waals surface area contributed by atoms with E-state index in [1.165, 1.54) is 48.6 Å². The zero-order chi connectivity index (χ0) is 24.5. The van der Waals surface area contributed by atoms with Crippen LogP contribution in [0, 0.1) is 0 Å². The monoisotopic (exact) mass is 522 g/mol. The molecule has 0 saturated heterocycles. The van der Waals surface area contributed by atoms with Crippen molar-refractivity contribution in [1.82, 2.24) is 0 Å². The Morgan fingerprint density at radius 1 is 0.500 bits per heavy atom. The predicted octanol–water partition coefficient (Wildman–Crippen LogP) is 4.75. The first-order valence-electron chi connectivity index (χ1n) is 12.3. The van der Waals surface area contributed by atoms with Crippen LogP contribution in [0.4, 0.5) is 4.70 Å². The van der Waals surface area contributed by atoms with Gasteiger partial charge in [0.1, 0.15) is 28.9 Å². The number of hydrogen-bond donors (Lipinski definition) is 0. The van der Waals surface area contributed by atoms with E-state index in [-0.39, 0.29) is 9.41 Å². The highest BCUT2D eigenvalue weighted by molar-refractivity contribution is 7.95. The molecule has 0 aliphatic rings. The molecule has 0 radical (unpaired) electrons. The molecule has 0 unspecified atom stereocenters. The molecule has 4 heteroatoms. The Labute approximate surface area is 222 Å². The molecule has 0 N–H and O–H groups in total. The van der Waals surface area contributed by atoms with Crippen LogP contribution in [0.5, 0.6) is 5.75 Å². The van der Waals surface area contributed by atoms with Gasteiger partial charge in [-0.2, -0.15) is 0 Å². The topological polar surface area (TPSA) is 9.23 Å². The van der Waals surface area contributed by atoms with Crippen LogP contribution >= 0.6 is 7.26 Å². The summed E-state index contributed by atoms with van der Waals surface area (Å²) in [4.78, 5) is 0. The molecule has 0 saturated carbocycles. The molecule has 0 aliphatic heterocycles. The highest BCUT2D eigenvalue weighted by Crippen LogP contribution is 2.55. The summed E-state index contributed by atoms with van der Waals surface area (Å²) in [6, 6.07) is 48.3. The van der Waals surface area contributed by atoms with E-state index in [2.05, 4.69) is 140 Å². The molecule has 0 atom stereocenters. The number of halogens is 2. The lowest BCUT2D eigenvalue weighted by atomic mass is 9.93. The van der Waals surface area contributed by atoms with Crippen LogP contribution in [-0.4, -0.2) is 13.8 Å². The minimum atomic E-state index is -2.00. The molecule has 0 amide bonds. The predicted molar refractivity (Wildman–Crippen MR) is 161 cm³/mol. The maximum atomic E-state index is 6.05. The molecular formula is C34H29F2OP. The van der Waals surface area contributed by atoms with Crippen molar-refractivity contribution in [2.45, 2.75) is 0 Å². The van der Waals surface area contributed by atoms with E-state index in [9.17, 15) is 0 Å². The standard InChI is InChI=1S/C34H28OP.2FH/c1-35-31-23-21-25-13-9-11-19-29(25)33(31)34-30-20-12-10-14-26(30)22-24-32(34)36(2,27-15-5-3-6-16-27)28-17-7-4-8-18-28;;/h3-24H,1-2H3;2*1H/q+1;;/p-1. The molecule has 0 aliphatic carbocycles. The van der Waals surface area contributed by atoms with Gasteiger partial charge in [-0.15, -0.1) is 0 Å². The van der Waals surface area contributed by atoms with E-state index >= 15 is 0 Å². The summed E-state index contributed by atoms with van der Waals surface area (Å²) in [5.41, 5.74) is 2.44. The fourth-order valence-corrected chi connectivity index (χ4v) is 8.90. The van der Waals surface area contributed by atoms with Gasteiger partial charge >= 0.3 is 0 Å². The summed E-state index contributed by atoms with van der Waals surface area (Å²) in [6.45, 7) is 2.46. The number of fused-ring (bicyclic) bond motifs is 2. The Morgan fingerprint density at radius 3 is 1.47 bits per heavy atom. The summed E-state index contributed by atoms with van der Waals surface area (Å²) in [7, 11) is -0.219. The summed E-state index contributed by atoms with van der Waals surface area (Å²) >= 11 is 0. The third kappa shape index (κ3) is 4.34. The molecule has 0 aromatic heterocycles. The Balaban J connectivity index is 0.00000168. The van der Waals surface area contributed by atoms with E-state index in [1.54, 1.807) is 7.11 Å². The van der Waals surface area contributed by atoms with Crippen LogP contribution < -0.4 is 25.4 Å². The third-order valence-corrected chi connectivity index (χ3v) is 11.3. The first-order chi connectivity index (χ1) is 17.7. The zero-order valence-corrected chi connectivity index (χ0v) is 22.2. The van der Waals surface area contributed by atoms with Crippen molar-refractivity contribution < 1.29 is 14.1 Å². The molecule has 0 spiro atoms. The number of hydrogen-bond acceptors (Lipinski definition) is 1. The van der Waals surface area contributed by atoms with Crippen LogP contribution in [0.1, 0.15) is 0 Å². The fourth-order valence-electron chi connectivity index (χ4n) is 5.45. The number of methoxy groups -OCH3 is 1. The maximum absolute atomic E-state index is 6.05. The van der Waals surface area contributed by atoms with Crippen LogP contribution in [0.2, 0.25) is 0 Å². The summed E-state index contributed by atoms with van der Waals surface area (Å²) in [5, 5.41) is 9.02. The zero-order valence-electron chi connectivity index (χ0n) is 21.3. The van der Waals surface area contributed by atoms with Crippen molar-refractivity contribution in [2.75, 3.05) is 13.8 Å². The molecule has 0 bridgehead atoms. The molecule has 1 nitrogen and oxygen atoms in total. The average molecular weight is 523 g/mol. The lowest BCUT2D eigenvalue weighted by Crippen LogP contribution is -3.00. The molecule has 190 valence electrons. The van der Waals surface area contributed by atoms with Gasteiger partial charge in [0.2, 0.25) is 0 Å². The van der Waals surface area contributed by atoms with Gasteiger partial charge in [0.15, 0.2) is 0 Å². The fraction of sp³-hybridized carbons (Fsp3) is 0.0588. The smallest absolute Gasteiger partial charge is 0.127 e. The van der Waals surface area contributed by atoms with Gasteiger partial charge < -0.3 is 9.44 Å². The van der Waals surface area contributed by atoms with E-state index < -0.39 is 7.26 Å². The Kier molecular flexibility index (Phi) is 7.90. The summed E-state index contributed by atoms with van der Waals surface area (Å²) < 4.78 is 6.05. The molecule has 6 rings (SSSR count). The molecule has 6 aromatic rings. The van der Waals surface area contributed by atoms with E-state index in [0.717, 1.165) is 5.75 Å². The highest BCUT2D eigenvalue weighted by Gasteiger charge is 2.43. The van der Waals surface area contributed by atoms with E-state index in [1.807, 2.05) is 0 Å². The molecule has 6 aromatic carbocycles. The van der Waals surface area contributed by atoms with Crippen LogP contribution in [0.25, 0.3) is 32.7 Å². The highest BCUT2D eigenvalue weighted by atomic mass is 31.2. The van der Waals surface area contributed by atoms with Crippen molar-refractivity contribution in [2.24, 2.45) is 0 Å². The van der Waals surface area contributed by atoms with Crippen molar-refractivity contribution >= 4 is 44.7 Å². The average Bonchev–Trinajstić information content (AvgIpc) is 2.96. The first kappa shape index (κ1) is 27.0. The minimum absolute atomic E-state index is 0. The molecule has 0 fully saturated rings. The Bertz CT molecular complexity index is 1640. The largest absolute Gasteiger partial charge is 1.00 e. The van der Waals surface area contributed by atoms with Crippen LogP contribution in [0.15, 0.2) is 133 Å². The van der Waals surface area contributed by atoms with Crippen molar-refractivity contribution in [3.05, 3.63) is 133 Å². The summed E-state index contributed by atoms with van der Waals surface area (Å²) in [6.07, 6.45) is 0. The van der Waals surface area contributed by atoms with Gasteiger partial charge in [-0.05, 0) is 57.9 Å². The number of rotatable bonds is 5. The van der Waals surface area contributed by atoms with Crippen molar-refractivity contribution in [3.8, 4) is 16.9 Å². The Hall–Kier alpha value is -4.07. The molecule has 38 heavy (non-hydrogen) atoms. The third-order valence-electron chi connectivity index (χ3n) is 7.29. The van der Waals surface area contributed by atoms with Gasteiger partial charge in [0.25, 0.3) is 0 Å². The SMILES string of the molecule is COc1ccc2ccccc2c1-c1c([P+](C)(c2ccccc2)c2ccccc2)ccc2ccccc12.F.[F-]. The van der Waals surface area contributed by atoms with Gasteiger partial charge in [-0.1, -0.05) is 97.1 Å². The van der Waals surface area contributed by atoms with E-state index in [0.29, 0.717) is 0 Å². The van der Waals surface area contributed by atoms with Crippen molar-refractivity contribution in [1.29, 1.82) is 0 Å². The minimum Gasteiger partial charge on any atom is -1.00 e. The molecule has 0 heterocycles. The van der Waals surface area contributed by atoms with Crippen LogP contribution in [0.3, 0.4) is 0 Å². The van der Waals surface area contributed by atoms with Gasteiger partial charge in [0, 0.05) is 11.1 Å². The van der Waals surface area contributed by atoms with Crippen molar-refractivity contribution in [3.63, 3.8) is 0 Å². The first-order valence-corrected chi connectivity index (χ1v) is 14.5. The Morgan fingerprint density at radius 2 is 0.947 bits per heavy atom.